The van der Waals surface area contributed by atoms with Crippen LogP contribution < -0.4 is 5.32 Å². The van der Waals surface area contributed by atoms with Crippen LogP contribution in [-0.4, -0.2) is 37.1 Å². The lowest BCUT2D eigenvalue weighted by atomic mass is 9.91. The summed E-state index contributed by atoms with van der Waals surface area (Å²) < 4.78 is 0. The third kappa shape index (κ3) is 0.789. The molecule has 2 atom stereocenters. The fourth-order valence-corrected chi connectivity index (χ4v) is 2.47. The van der Waals surface area contributed by atoms with Crippen molar-refractivity contribution >= 4 is 0 Å². The molecule has 0 saturated carbocycles. The second kappa shape index (κ2) is 1.95. The number of nitrogens with zero attached hydrogens (tertiary/aromatic N) is 1. The normalized spacial score (nSPS) is 48.0. The molecule has 1 N–H and O–H groups in total. The Labute approximate surface area is 62.6 Å². The molecule has 2 heterocycles. The summed E-state index contributed by atoms with van der Waals surface area (Å²) in [7, 11) is 2.21. The minimum atomic E-state index is 0.453. The van der Waals surface area contributed by atoms with E-state index in [1.54, 1.807) is 0 Å². The summed E-state index contributed by atoms with van der Waals surface area (Å²) in [6.45, 7) is 6.12. The number of likely N-dealkylation sites (N-methyl/N-ethyl adjacent to an activating group) is 1. The monoisotopic (exact) mass is 140 g/mol. The Morgan fingerprint density at radius 1 is 1.60 bits per heavy atom. The molecule has 0 aliphatic carbocycles. The minimum absolute atomic E-state index is 0.453. The molecule has 10 heavy (non-hydrogen) atoms. The predicted molar refractivity (Wildman–Crippen MR) is 42.0 cm³/mol. The Morgan fingerprint density at radius 3 is 3.10 bits per heavy atom. The molecule has 0 aromatic carbocycles. The highest BCUT2D eigenvalue weighted by molar-refractivity contribution is 5.03. The van der Waals surface area contributed by atoms with Gasteiger partial charge < -0.3 is 10.2 Å². The van der Waals surface area contributed by atoms with Gasteiger partial charge in [0.1, 0.15) is 0 Å². The van der Waals surface area contributed by atoms with Crippen molar-refractivity contribution in [3.63, 3.8) is 0 Å². The first-order valence-electron chi connectivity index (χ1n) is 4.14. The van der Waals surface area contributed by atoms with E-state index in [4.69, 9.17) is 0 Å². The van der Waals surface area contributed by atoms with Crippen molar-refractivity contribution in [1.29, 1.82) is 0 Å². The molecule has 1 unspecified atom stereocenters. The molecule has 2 aliphatic rings. The maximum Gasteiger partial charge on any atom is 0.0321 e. The van der Waals surface area contributed by atoms with Gasteiger partial charge in [-0.15, -0.1) is 0 Å². The topological polar surface area (TPSA) is 15.3 Å². The number of nitrogens with one attached hydrogen (secondary N) is 1. The van der Waals surface area contributed by atoms with Gasteiger partial charge in [0.15, 0.2) is 0 Å². The van der Waals surface area contributed by atoms with Crippen molar-refractivity contribution in [1.82, 2.24) is 10.2 Å². The number of hydrogen-bond acceptors (Lipinski definition) is 2. The molecule has 2 heteroatoms. The lowest BCUT2D eigenvalue weighted by molar-refractivity contribution is 0.348. The molecular formula is C8H16N2. The summed E-state index contributed by atoms with van der Waals surface area (Å²) in [6, 6.07) is 0. The maximum absolute atomic E-state index is 3.58. The highest BCUT2D eigenvalue weighted by Crippen LogP contribution is 2.32. The Bertz CT molecular complexity index is 146. The number of rotatable bonds is 0. The summed E-state index contributed by atoms with van der Waals surface area (Å²) in [5.41, 5.74) is 0.453. The van der Waals surface area contributed by atoms with Gasteiger partial charge in [-0.2, -0.15) is 0 Å². The van der Waals surface area contributed by atoms with E-state index >= 15 is 0 Å². The fourth-order valence-electron chi connectivity index (χ4n) is 2.47. The molecule has 0 aromatic rings. The van der Waals surface area contributed by atoms with E-state index in [0.717, 1.165) is 5.92 Å². The standard InChI is InChI=1S/C8H16N2/c1-8-6-10(2)5-7(8)3-4-9-8/h7,9H,3-6H2,1-2H3/t7-,8?/m0/s1. The van der Waals surface area contributed by atoms with E-state index in [-0.39, 0.29) is 0 Å². The molecule has 2 rings (SSSR count). The Morgan fingerprint density at radius 2 is 2.40 bits per heavy atom. The van der Waals surface area contributed by atoms with E-state index in [2.05, 4.69) is 24.2 Å². The van der Waals surface area contributed by atoms with Crippen molar-refractivity contribution in [2.24, 2.45) is 5.92 Å². The Balaban J connectivity index is 2.15. The van der Waals surface area contributed by atoms with E-state index in [9.17, 15) is 0 Å². The summed E-state index contributed by atoms with van der Waals surface area (Å²) in [4.78, 5) is 2.43. The van der Waals surface area contributed by atoms with Crippen LogP contribution in [0, 0.1) is 5.92 Å². The quantitative estimate of drug-likeness (QED) is 0.520. The lowest BCUT2D eigenvalue weighted by Crippen LogP contribution is -2.42. The molecule has 0 aromatic heterocycles. The van der Waals surface area contributed by atoms with E-state index in [1.807, 2.05) is 0 Å². The number of fused-ring (bicyclic) bond motifs is 1. The average molecular weight is 140 g/mol. The molecule has 2 aliphatic heterocycles. The SMILES string of the molecule is CN1C[C@@H]2CCNC2(C)C1. The van der Waals surface area contributed by atoms with Crippen molar-refractivity contribution < 1.29 is 0 Å². The van der Waals surface area contributed by atoms with Gasteiger partial charge >= 0.3 is 0 Å². The fraction of sp³-hybridized carbons (Fsp3) is 1.00. The Hall–Kier alpha value is -0.0800. The van der Waals surface area contributed by atoms with E-state index < -0.39 is 0 Å². The van der Waals surface area contributed by atoms with Crippen LogP contribution in [0.25, 0.3) is 0 Å². The molecular weight excluding hydrogens is 124 g/mol. The zero-order valence-corrected chi connectivity index (χ0v) is 6.85. The Kier molecular flexibility index (Phi) is 1.29. The highest BCUT2D eigenvalue weighted by atomic mass is 15.2. The van der Waals surface area contributed by atoms with Crippen molar-refractivity contribution in [2.45, 2.75) is 18.9 Å². The van der Waals surface area contributed by atoms with Crippen molar-refractivity contribution in [2.75, 3.05) is 26.7 Å². The van der Waals surface area contributed by atoms with Crippen molar-refractivity contribution in [3.05, 3.63) is 0 Å². The largest absolute Gasteiger partial charge is 0.310 e. The summed E-state index contributed by atoms with van der Waals surface area (Å²) >= 11 is 0. The number of hydrogen-bond donors (Lipinski definition) is 1. The van der Waals surface area contributed by atoms with Crippen LogP contribution in [0.5, 0.6) is 0 Å². The van der Waals surface area contributed by atoms with Crippen LogP contribution in [0.15, 0.2) is 0 Å². The van der Waals surface area contributed by atoms with Crippen LogP contribution in [0.1, 0.15) is 13.3 Å². The first kappa shape index (κ1) is 6.62. The average Bonchev–Trinajstić information content (AvgIpc) is 2.20. The van der Waals surface area contributed by atoms with E-state index in [1.165, 1.54) is 26.1 Å². The zero-order chi connectivity index (χ0) is 7.19. The number of likely N-dealkylation sites (tertiary alicyclic amines) is 1. The maximum atomic E-state index is 3.58. The van der Waals surface area contributed by atoms with Crippen LogP contribution in [0.3, 0.4) is 0 Å². The predicted octanol–water partition coefficient (Wildman–Crippen LogP) is 0.300. The van der Waals surface area contributed by atoms with Crippen molar-refractivity contribution in [3.8, 4) is 0 Å². The van der Waals surface area contributed by atoms with Gasteiger partial charge in [0.2, 0.25) is 0 Å². The molecule has 2 nitrogen and oxygen atoms in total. The van der Waals surface area contributed by atoms with E-state index in [0.29, 0.717) is 5.54 Å². The smallest absolute Gasteiger partial charge is 0.0321 e. The van der Waals surface area contributed by atoms with Crippen LogP contribution in [-0.2, 0) is 0 Å². The molecule has 58 valence electrons. The second-order valence-electron chi connectivity index (χ2n) is 4.03. The van der Waals surface area contributed by atoms with Crippen LogP contribution >= 0.6 is 0 Å². The molecule has 0 spiro atoms. The molecule has 0 amide bonds. The highest BCUT2D eigenvalue weighted by Gasteiger charge is 2.44. The molecule has 2 saturated heterocycles. The summed E-state index contributed by atoms with van der Waals surface area (Å²) in [5.74, 6) is 0.914. The third-order valence-electron chi connectivity index (χ3n) is 3.05. The molecule has 0 bridgehead atoms. The van der Waals surface area contributed by atoms with Gasteiger partial charge in [0, 0.05) is 18.6 Å². The molecule has 0 radical (unpaired) electrons. The first-order chi connectivity index (χ1) is 4.71. The third-order valence-corrected chi connectivity index (χ3v) is 3.05. The minimum Gasteiger partial charge on any atom is -0.310 e. The van der Waals surface area contributed by atoms with Gasteiger partial charge in [-0.25, -0.2) is 0 Å². The van der Waals surface area contributed by atoms with Gasteiger partial charge in [-0.1, -0.05) is 0 Å². The van der Waals surface area contributed by atoms with Gasteiger partial charge in [0.25, 0.3) is 0 Å². The van der Waals surface area contributed by atoms with Gasteiger partial charge in [-0.05, 0) is 32.9 Å². The second-order valence-corrected chi connectivity index (χ2v) is 4.03. The summed E-state index contributed by atoms with van der Waals surface area (Å²) in [6.07, 6.45) is 1.38. The first-order valence-corrected chi connectivity index (χ1v) is 4.14. The van der Waals surface area contributed by atoms with Crippen LogP contribution in [0.2, 0.25) is 0 Å². The van der Waals surface area contributed by atoms with Gasteiger partial charge in [0.05, 0.1) is 0 Å². The summed E-state index contributed by atoms with van der Waals surface area (Å²) in [5, 5.41) is 3.58. The lowest BCUT2D eigenvalue weighted by Gasteiger charge is -2.22. The zero-order valence-electron chi connectivity index (χ0n) is 6.85. The molecule has 2 fully saturated rings. The van der Waals surface area contributed by atoms with Crippen LogP contribution in [0.4, 0.5) is 0 Å². The van der Waals surface area contributed by atoms with Gasteiger partial charge in [-0.3, -0.25) is 0 Å².